The highest BCUT2D eigenvalue weighted by Crippen LogP contribution is 2.42. The predicted molar refractivity (Wildman–Crippen MR) is 72.7 cm³/mol. The molecule has 1 aliphatic rings. The number of aliphatic carboxylic acids is 1. The van der Waals surface area contributed by atoms with Crippen LogP contribution in [0.3, 0.4) is 0 Å². The van der Waals surface area contributed by atoms with Gasteiger partial charge in [0.15, 0.2) is 0 Å². The summed E-state index contributed by atoms with van der Waals surface area (Å²) in [6.45, 7) is 3.91. The Labute approximate surface area is 123 Å². The summed E-state index contributed by atoms with van der Waals surface area (Å²) >= 11 is 0. The predicted octanol–water partition coefficient (Wildman–Crippen LogP) is 0.115. The van der Waals surface area contributed by atoms with Crippen molar-refractivity contribution in [2.75, 3.05) is 14.2 Å². The number of hydrogen-bond donors (Lipinski definition) is 3. The van der Waals surface area contributed by atoms with E-state index in [9.17, 15) is 14.4 Å². The molecule has 0 aromatic carbocycles. The van der Waals surface area contributed by atoms with Crippen molar-refractivity contribution in [2.24, 2.45) is 5.41 Å². The van der Waals surface area contributed by atoms with Crippen LogP contribution in [0.25, 0.3) is 0 Å². The van der Waals surface area contributed by atoms with Crippen molar-refractivity contribution < 1.29 is 29.0 Å². The molecule has 3 N–H and O–H groups in total. The molecule has 0 bridgehead atoms. The van der Waals surface area contributed by atoms with Crippen LogP contribution in [0, 0.1) is 5.41 Å². The Kier molecular flexibility index (Phi) is 5.54. The molecule has 0 saturated heterocycles. The standard InChI is InChI=1S/C13H22N2O6/c1-13(2)8(6-9(13)20-3)15-12(19)14-7(11(17)18)5-10(16)21-4/h7-9H,5-6H2,1-4H3,(H,17,18)(H2,14,15,19)/t7-,8?,9?/m0/s1. The fourth-order valence-electron chi connectivity index (χ4n) is 2.34. The fourth-order valence-corrected chi connectivity index (χ4v) is 2.34. The highest BCUT2D eigenvalue weighted by molar-refractivity contribution is 5.86. The summed E-state index contributed by atoms with van der Waals surface area (Å²) in [6.07, 6.45) is 0.285. The molecular formula is C13H22N2O6. The Morgan fingerprint density at radius 2 is 1.95 bits per heavy atom. The molecule has 8 nitrogen and oxygen atoms in total. The highest BCUT2D eigenvalue weighted by Gasteiger charge is 2.49. The molecule has 1 fully saturated rings. The first-order valence-electron chi connectivity index (χ1n) is 6.61. The third-order valence-corrected chi connectivity index (χ3v) is 3.97. The van der Waals surface area contributed by atoms with E-state index >= 15 is 0 Å². The van der Waals surface area contributed by atoms with Crippen LogP contribution in [-0.4, -0.2) is 55.5 Å². The van der Waals surface area contributed by atoms with Crippen molar-refractivity contribution >= 4 is 18.0 Å². The highest BCUT2D eigenvalue weighted by atomic mass is 16.5. The van der Waals surface area contributed by atoms with Gasteiger partial charge in [0.05, 0.1) is 19.6 Å². The van der Waals surface area contributed by atoms with Crippen LogP contribution >= 0.6 is 0 Å². The average molecular weight is 302 g/mol. The lowest BCUT2D eigenvalue weighted by Crippen LogP contribution is -2.63. The molecule has 0 heterocycles. The summed E-state index contributed by atoms with van der Waals surface area (Å²) in [7, 11) is 2.77. The zero-order valence-corrected chi connectivity index (χ0v) is 12.6. The lowest BCUT2D eigenvalue weighted by atomic mass is 9.64. The molecule has 21 heavy (non-hydrogen) atoms. The summed E-state index contributed by atoms with van der Waals surface area (Å²) in [5, 5.41) is 13.9. The van der Waals surface area contributed by atoms with E-state index in [1.54, 1.807) is 7.11 Å². The van der Waals surface area contributed by atoms with Crippen molar-refractivity contribution in [1.82, 2.24) is 10.6 Å². The second-order valence-electron chi connectivity index (χ2n) is 5.62. The van der Waals surface area contributed by atoms with Crippen molar-refractivity contribution in [3.05, 3.63) is 0 Å². The monoisotopic (exact) mass is 302 g/mol. The van der Waals surface area contributed by atoms with Gasteiger partial charge in [0.25, 0.3) is 0 Å². The van der Waals surface area contributed by atoms with Gasteiger partial charge >= 0.3 is 18.0 Å². The minimum Gasteiger partial charge on any atom is -0.480 e. The first-order chi connectivity index (χ1) is 9.72. The molecule has 2 unspecified atom stereocenters. The molecule has 120 valence electrons. The molecule has 0 aliphatic heterocycles. The second kappa shape index (κ2) is 6.75. The number of carbonyl (C=O) groups is 3. The Morgan fingerprint density at radius 1 is 1.33 bits per heavy atom. The summed E-state index contributed by atoms with van der Waals surface area (Å²) in [5.74, 6) is -2.00. The smallest absolute Gasteiger partial charge is 0.326 e. The van der Waals surface area contributed by atoms with Gasteiger partial charge in [0, 0.05) is 18.6 Å². The van der Waals surface area contributed by atoms with Crippen LogP contribution in [0.1, 0.15) is 26.7 Å². The summed E-state index contributed by atoms with van der Waals surface area (Å²) in [5.41, 5.74) is -0.229. The number of carbonyl (C=O) groups excluding carboxylic acids is 2. The number of hydrogen-bond acceptors (Lipinski definition) is 5. The summed E-state index contributed by atoms with van der Waals surface area (Å²) in [4.78, 5) is 34.0. The zero-order chi connectivity index (χ0) is 16.2. The first-order valence-corrected chi connectivity index (χ1v) is 6.61. The number of amides is 2. The lowest BCUT2D eigenvalue weighted by molar-refractivity contribution is -0.147. The van der Waals surface area contributed by atoms with E-state index in [1.807, 2.05) is 13.8 Å². The van der Waals surface area contributed by atoms with E-state index in [4.69, 9.17) is 9.84 Å². The van der Waals surface area contributed by atoms with Gasteiger partial charge in [-0.05, 0) is 6.42 Å². The lowest BCUT2D eigenvalue weighted by Gasteiger charge is -2.51. The van der Waals surface area contributed by atoms with Crippen molar-refractivity contribution in [2.45, 2.75) is 44.9 Å². The Bertz CT molecular complexity index is 423. The van der Waals surface area contributed by atoms with Crippen LogP contribution in [0.4, 0.5) is 4.79 Å². The number of carboxylic acids is 1. The Balaban J connectivity index is 2.52. The van der Waals surface area contributed by atoms with E-state index in [0.29, 0.717) is 6.42 Å². The maximum Gasteiger partial charge on any atom is 0.326 e. The SMILES string of the molecule is COC(=O)C[C@H](NC(=O)NC1CC(OC)C1(C)C)C(=O)O. The third-order valence-electron chi connectivity index (χ3n) is 3.97. The topological polar surface area (TPSA) is 114 Å². The zero-order valence-electron chi connectivity index (χ0n) is 12.6. The van der Waals surface area contributed by atoms with Gasteiger partial charge < -0.3 is 25.2 Å². The van der Waals surface area contributed by atoms with Crippen LogP contribution < -0.4 is 10.6 Å². The minimum absolute atomic E-state index is 0.0492. The van der Waals surface area contributed by atoms with Gasteiger partial charge in [-0.15, -0.1) is 0 Å². The second-order valence-corrected chi connectivity index (χ2v) is 5.62. The van der Waals surface area contributed by atoms with E-state index in [0.717, 1.165) is 7.11 Å². The summed E-state index contributed by atoms with van der Waals surface area (Å²) < 4.78 is 9.67. The maximum absolute atomic E-state index is 11.8. The third kappa shape index (κ3) is 4.07. The van der Waals surface area contributed by atoms with E-state index < -0.39 is 30.4 Å². The van der Waals surface area contributed by atoms with Gasteiger partial charge in [-0.25, -0.2) is 9.59 Å². The molecule has 1 saturated carbocycles. The molecule has 3 atom stereocenters. The molecule has 0 spiro atoms. The van der Waals surface area contributed by atoms with Gasteiger partial charge in [-0.2, -0.15) is 0 Å². The Morgan fingerprint density at radius 3 is 2.38 bits per heavy atom. The first kappa shape index (κ1) is 17.2. The van der Waals surface area contributed by atoms with Crippen LogP contribution in [0.2, 0.25) is 0 Å². The molecular weight excluding hydrogens is 280 g/mol. The van der Waals surface area contributed by atoms with Gasteiger partial charge in [-0.1, -0.05) is 13.8 Å². The number of methoxy groups -OCH3 is 2. The number of ether oxygens (including phenoxy) is 2. The maximum atomic E-state index is 11.8. The van der Waals surface area contributed by atoms with Crippen LogP contribution in [-0.2, 0) is 19.1 Å². The fraction of sp³-hybridized carbons (Fsp3) is 0.769. The number of esters is 1. The van der Waals surface area contributed by atoms with Gasteiger partial charge in [0.1, 0.15) is 6.04 Å². The Hall–Kier alpha value is -1.83. The number of rotatable bonds is 6. The summed E-state index contributed by atoms with van der Waals surface area (Å²) in [6, 6.07) is -2.06. The van der Waals surface area contributed by atoms with E-state index in [-0.39, 0.29) is 17.6 Å². The molecule has 1 rings (SSSR count). The largest absolute Gasteiger partial charge is 0.480 e. The van der Waals surface area contributed by atoms with Crippen LogP contribution in [0.15, 0.2) is 0 Å². The molecule has 0 aromatic heterocycles. The van der Waals surface area contributed by atoms with Crippen molar-refractivity contribution in [1.29, 1.82) is 0 Å². The minimum atomic E-state index is -1.32. The van der Waals surface area contributed by atoms with E-state index in [1.165, 1.54) is 0 Å². The number of nitrogens with one attached hydrogen (secondary N) is 2. The van der Waals surface area contributed by atoms with Crippen molar-refractivity contribution in [3.8, 4) is 0 Å². The van der Waals surface area contributed by atoms with Crippen LogP contribution in [0.5, 0.6) is 0 Å². The average Bonchev–Trinajstić information content (AvgIpc) is 2.41. The molecule has 0 radical (unpaired) electrons. The number of urea groups is 1. The van der Waals surface area contributed by atoms with Gasteiger partial charge in [0.2, 0.25) is 0 Å². The molecule has 2 amide bonds. The quantitative estimate of drug-likeness (QED) is 0.600. The molecule has 8 heteroatoms. The number of carboxylic acid groups (broad SMARTS) is 1. The van der Waals surface area contributed by atoms with Gasteiger partial charge in [-0.3, -0.25) is 4.79 Å². The van der Waals surface area contributed by atoms with E-state index in [2.05, 4.69) is 15.4 Å². The molecule has 0 aromatic rings. The normalized spacial score (nSPS) is 24.4. The van der Waals surface area contributed by atoms with Crippen molar-refractivity contribution in [3.63, 3.8) is 0 Å². The molecule has 1 aliphatic carbocycles.